The van der Waals surface area contributed by atoms with Crippen LogP contribution in [0, 0.1) is 5.92 Å². The molecule has 0 spiro atoms. The molecule has 2 heterocycles. The molecule has 1 aromatic heterocycles. The third kappa shape index (κ3) is 3.29. The SMILES string of the molecule is CCCn1c(N)c(NCCC2CCOC2)c(=O)n(C)c1=O. The first-order valence-corrected chi connectivity index (χ1v) is 7.47. The van der Waals surface area contributed by atoms with Gasteiger partial charge in [0, 0.05) is 33.4 Å². The van der Waals surface area contributed by atoms with Gasteiger partial charge in [-0.3, -0.25) is 13.9 Å². The van der Waals surface area contributed by atoms with Crippen LogP contribution in [0.2, 0.25) is 0 Å². The molecule has 1 fully saturated rings. The zero-order valence-electron chi connectivity index (χ0n) is 12.7. The predicted octanol–water partition coefficient (Wildman–Crippen LogP) is 0.378. The van der Waals surface area contributed by atoms with Gasteiger partial charge in [-0.05, 0) is 25.2 Å². The summed E-state index contributed by atoms with van der Waals surface area (Å²) in [6.45, 7) is 4.71. The van der Waals surface area contributed by atoms with Crippen LogP contribution in [0.25, 0.3) is 0 Å². The number of nitrogens with zero attached hydrogens (tertiary/aromatic N) is 2. The summed E-state index contributed by atoms with van der Waals surface area (Å²) >= 11 is 0. The highest BCUT2D eigenvalue weighted by molar-refractivity contribution is 5.60. The molecule has 0 aliphatic carbocycles. The van der Waals surface area contributed by atoms with Gasteiger partial charge in [-0.25, -0.2) is 4.79 Å². The molecule has 21 heavy (non-hydrogen) atoms. The Labute approximate surface area is 123 Å². The summed E-state index contributed by atoms with van der Waals surface area (Å²) in [4.78, 5) is 24.2. The van der Waals surface area contributed by atoms with Crippen LogP contribution < -0.4 is 22.3 Å². The first kappa shape index (κ1) is 15.6. The molecule has 7 nitrogen and oxygen atoms in total. The third-order valence-electron chi connectivity index (χ3n) is 3.91. The Morgan fingerprint density at radius 3 is 2.81 bits per heavy atom. The normalized spacial score (nSPS) is 18.1. The minimum absolute atomic E-state index is 0.229. The van der Waals surface area contributed by atoms with E-state index >= 15 is 0 Å². The summed E-state index contributed by atoms with van der Waals surface area (Å²) in [7, 11) is 1.48. The van der Waals surface area contributed by atoms with Crippen molar-refractivity contribution in [2.24, 2.45) is 13.0 Å². The fraction of sp³-hybridized carbons (Fsp3) is 0.714. The van der Waals surface area contributed by atoms with Crippen LogP contribution in [0.4, 0.5) is 11.5 Å². The number of rotatable bonds is 6. The Morgan fingerprint density at radius 2 is 2.19 bits per heavy atom. The van der Waals surface area contributed by atoms with E-state index in [0.717, 1.165) is 37.0 Å². The molecule has 0 saturated carbocycles. The highest BCUT2D eigenvalue weighted by Crippen LogP contribution is 2.17. The van der Waals surface area contributed by atoms with Gasteiger partial charge in [0.05, 0.1) is 0 Å². The lowest BCUT2D eigenvalue weighted by Gasteiger charge is -2.16. The first-order valence-electron chi connectivity index (χ1n) is 7.47. The van der Waals surface area contributed by atoms with E-state index in [2.05, 4.69) is 5.32 Å². The van der Waals surface area contributed by atoms with Crippen molar-refractivity contribution in [1.29, 1.82) is 0 Å². The fourth-order valence-electron chi connectivity index (χ4n) is 2.60. The largest absolute Gasteiger partial charge is 0.383 e. The molecule has 2 rings (SSSR count). The summed E-state index contributed by atoms with van der Waals surface area (Å²) in [5.41, 5.74) is 5.59. The predicted molar refractivity (Wildman–Crippen MR) is 82.7 cm³/mol. The van der Waals surface area contributed by atoms with E-state index < -0.39 is 0 Å². The van der Waals surface area contributed by atoms with Crippen LogP contribution in [0.5, 0.6) is 0 Å². The van der Waals surface area contributed by atoms with Crippen molar-refractivity contribution in [3.63, 3.8) is 0 Å². The van der Waals surface area contributed by atoms with Crippen molar-refractivity contribution in [2.45, 2.75) is 32.7 Å². The molecule has 0 bridgehead atoms. The van der Waals surface area contributed by atoms with E-state index in [1.54, 1.807) is 0 Å². The Morgan fingerprint density at radius 1 is 1.43 bits per heavy atom. The minimum atomic E-state index is -0.368. The number of anilines is 2. The average molecular weight is 296 g/mol. The molecule has 1 unspecified atom stereocenters. The van der Waals surface area contributed by atoms with Gasteiger partial charge in [-0.15, -0.1) is 0 Å². The molecular formula is C14H24N4O3. The van der Waals surface area contributed by atoms with Crippen molar-refractivity contribution in [3.8, 4) is 0 Å². The average Bonchev–Trinajstić information content (AvgIpc) is 2.98. The Kier molecular flexibility index (Phi) is 5.06. The van der Waals surface area contributed by atoms with Gasteiger partial charge in [-0.1, -0.05) is 6.92 Å². The molecule has 118 valence electrons. The highest BCUT2D eigenvalue weighted by atomic mass is 16.5. The van der Waals surface area contributed by atoms with Gasteiger partial charge in [0.2, 0.25) is 0 Å². The molecule has 1 aromatic rings. The third-order valence-corrected chi connectivity index (χ3v) is 3.91. The fourth-order valence-corrected chi connectivity index (χ4v) is 2.60. The molecule has 1 aliphatic heterocycles. The van der Waals surface area contributed by atoms with Crippen molar-refractivity contribution in [3.05, 3.63) is 20.8 Å². The van der Waals surface area contributed by atoms with Crippen LogP contribution in [-0.4, -0.2) is 28.9 Å². The van der Waals surface area contributed by atoms with Gasteiger partial charge in [0.15, 0.2) is 0 Å². The second-order valence-corrected chi connectivity index (χ2v) is 5.50. The maximum absolute atomic E-state index is 12.2. The number of hydrogen-bond acceptors (Lipinski definition) is 5. The van der Waals surface area contributed by atoms with Crippen molar-refractivity contribution in [2.75, 3.05) is 30.8 Å². The molecule has 1 saturated heterocycles. The number of ether oxygens (including phenoxy) is 1. The quantitative estimate of drug-likeness (QED) is 0.792. The summed E-state index contributed by atoms with van der Waals surface area (Å²) < 4.78 is 7.88. The number of nitrogens with one attached hydrogen (secondary N) is 1. The van der Waals surface area contributed by atoms with E-state index in [0.29, 0.717) is 24.7 Å². The number of hydrogen-bond donors (Lipinski definition) is 2. The van der Waals surface area contributed by atoms with Crippen LogP contribution >= 0.6 is 0 Å². The Balaban J connectivity index is 2.17. The lowest BCUT2D eigenvalue weighted by atomic mass is 10.1. The van der Waals surface area contributed by atoms with Crippen molar-refractivity contribution < 1.29 is 4.74 Å². The van der Waals surface area contributed by atoms with E-state index in [4.69, 9.17) is 10.5 Å². The Hall–Kier alpha value is -1.76. The summed E-state index contributed by atoms with van der Waals surface area (Å²) in [6.07, 6.45) is 2.77. The zero-order valence-corrected chi connectivity index (χ0v) is 12.7. The molecule has 3 N–H and O–H groups in total. The summed E-state index contributed by atoms with van der Waals surface area (Å²) in [6, 6.07) is 0. The van der Waals surface area contributed by atoms with Crippen LogP contribution in [0.3, 0.4) is 0 Å². The lowest BCUT2D eigenvalue weighted by Crippen LogP contribution is -2.40. The van der Waals surface area contributed by atoms with Gasteiger partial charge in [0.1, 0.15) is 11.5 Å². The highest BCUT2D eigenvalue weighted by Gasteiger charge is 2.17. The molecule has 7 heteroatoms. The molecule has 1 atom stereocenters. The molecule has 0 aromatic carbocycles. The van der Waals surface area contributed by atoms with E-state index in [-0.39, 0.29) is 17.1 Å². The van der Waals surface area contributed by atoms with Gasteiger partial charge in [0.25, 0.3) is 5.56 Å². The van der Waals surface area contributed by atoms with Crippen LogP contribution in [-0.2, 0) is 18.3 Å². The second-order valence-electron chi connectivity index (χ2n) is 5.50. The molecular weight excluding hydrogens is 272 g/mol. The van der Waals surface area contributed by atoms with E-state index in [1.807, 2.05) is 6.92 Å². The van der Waals surface area contributed by atoms with Crippen LogP contribution in [0.1, 0.15) is 26.2 Å². The van der Waals surface area contributed by atoms with E-state index in [1.165, 1.54) is 11.6 Å². The smallest absolute Gasteiger partial charge is 0.332 e. The molecule has 0 amide bonds. The van der Waals surface area contributed by atoms with Gasteiger partial charge >= 0.3 is 5.69 Å². The number of nitrogen functional groups attached to an aromatic ring is 1. The monoisotopic (exact) mass is 296 g/mol. The molecule has 0 radical (unpaired) electrons. The van der Waals surface area contributed by atoms with Gasteiger partial charge < -0.3 is 15.8 Å². The standard InChI is InChI=1S/C14H24N4O3/c1-3-7-18-12(15)11(13(19)17(2)14(18)20)16-6-4-10-5-8-21-9-10/h10,16H,3-9,15H2,1-2H3. The summed E-state index contributed by atoms with van der Waals surface area (Å²) in [5, 5.41) is 3.10. The summed E-state index contributed by atoms with van der Waals surface area (Å²) in [5.74, 6) is 0.761. The second kappa shape index (κ2) is 6.80. The van der Waals surface area contributed by atoms with E-state index in [9.17, 15) is 9.59 Å². The number of aromatic nitrogens is 2. The first-order chi connectivity index (χ1) is 10.1. The van der Waals surface area contributed by atoms with Crippen molar-refractivity contribution >= 4 is 11.5 Å². The minimum Gasteiger partial charge on any atom is -0.383 e. The maximum atomic E-state index is 12.2. The lowest BCUT2D eigenvalue weighted by molar-refractivity contribution is 0.185. The Bertz CT molecular complexity index is 599. The topological polar surface area (TPSA) is 91.3 Å². The maximum Gasteiger partial charge on any atom is 0.332 e. The van der Waals surface area contributed by atoms with Crippen molar-refractivity contribution in [1.82, 2.24) is 9.13 Å². The van der Waals surface area contributed by atoms with Gasteiger partial charge in [-0.2, -0.15) is 0 Å². The number of nitrogens with two attached hydrogens (primary N) is 1. The zero-order chi connectivity index (χ0) is 15.4. The molecule has 1 aliphatic rings. The van der Waals surface area contributed by atoms with Crippen LogP contribution in [0.15, 0.2) is 9.59 Å².